The average molecular weight is 345 g/mol. The van der Waals surface area contributed by atoms with Crippen LogP contribution < -0.4 is 16.4 Å². The van der Waals surface area contributed by atoms with Gasteiger partial charge in [0.2, 0.25) is 5.91 Å². The first-order chi connectivity index (χ1) is 11.1. The van der Waals surface area contributed by atoms with Crippen molar-refractivity contribution in [3.63, 3.8) is 0 Å². The highest BCUT2D eigenvalue weighted by atomic mass is 19.4. The summed E-state index contributed by atoms with van der Waals surface area (Å²) >= 11 is 0. The molecule has 0 fully saturated rings. The maximum absolute atomic E-state index is 12.5. The van der Waals surface area contributed by atoms with Gasteiger partial charge in [-0.15, -0.1) is 0 Å². The Morgan fingerprint density at radius 3 is 2.21 bits per heavy atom. The van der Waals surface area contributed by atoms with E-state index in [1.807, 2.05) is 13.8 Å². The number of rotatable bonds is 7. The summed E-state index contributed by atoms with van der Waals surface area (Å²) < 4.78 is 37.4. The van der Waals surface area contributed by atoms with E-state index in [0.29, 0.717) is 18.4 Å². The first-order valence-corrected chi connectivity index (χ1v) is 7.59. The second-order valence-corrected chi connectivity index (χ2v) is 5.93. The minimum Gasteiger partial charge on any atom is -0.354 e. The number of benzene rings is 1. The van der Waals surface area contributed by atoms with Gasteiger partial charge in [-0.05, 0) is 36.5 Å². The number of carbonyl (C=O) groups is 2. The first kappa shape index (κ1) is 19.8. The van der Waals surface area contributed by atoms with Crippen LogP contribution in [0.1, 0.15) is 31.4 Å². The molecule has 4 N–H and O–H groups in total. The molecule has 0 aliphatic carbocycles. The van der Waals surface area contributed by atoms with Gasteiger partial charge in [-0.2, -0.15) is 13.2 Å². The number of carbonyl (C=O) groups excluding carboxylic acids is 2. The molecule has 134 valence electrons. The van der Waals surface area contributed by atoms with E-state index in [1.165, 1.54) is 12.1 Å². The lowest BCUT2D eigenvalue weighted by molar-refractivity contribution is -0.137. The highest BCUT2D eigenvalue weighted by molar-refractivity contribution is 5.86. The zero-order chi connectivity index (χ0) is 18.3. The van der Waals surface area contributed by atoms with Crippen molar-refractivity contribution in [2.75, 3.05) is 6.54 Å². The smallest absolute Gasteiger partial charge is 0.354 e. The zero-order valence-corrected chi connectivity index (χ0v) is 13.6. The Hall–Kier alpha value is -2.25. The second kappa shape index (κ2) is 8.56. The average Bonchev–Trinajstić information content (AvgIpc) is 2.45. The molecule has 24 heavy (non-hydrogen) atoms. The summed E-state index contributed by atoms with van der Waals surface area (Å²) in [6.45, 7) is 4.07. The fourth-order valence-electron chi connectivity index (χ4n) is 2.19. The lowest BCUT2D eigenvalue weighted by Crippen LogP contribution is -2.49. The zero-order valence-electron chi connectivity index (χ0n) is 13.6. The predicted molar refractivity (Wildman–Crippen MR) is 84.1 cm³/mol. The number of alkyl halides is 3. The molecule has 1 unspecified atom stereocenters. The molecule has 0 bridgehead atoms. The third-order valence-electron chi connectivity index (χ3n) is 3.33. The monoisotopic (exact) mass is 345 g/mol. The Balaban J connectivity index is 2.52. The molecular weight excluding hydrogens is 323 g/mol. The summed E-state index contributed by atoms with van der Waals surface area (Å²) in [7, 11) is 0. The standard InChI is InChI=1S/C16H22F3N3O2/c1-10(2)9-13(22-15(20)24)14(23)21-8-7-11-3-5-12(6-4-11)16(17,18)19/h3-6,10,13H,7-9H2,1-2H3,(H,21,23)(H3,20,22,24). The topological polar surface area (TPSA) is 84.2 Å². The number of nitrogens with two attached hydrogens (primary N) is 1. The lowest BCUT2D eigenvalue weighted by Gasteiger charge is -2.19. The number of hydrogen-bond donors (Lipinski definition) is 3. The minimum absolute atomic E-state index is 0.183. The molecule has 0 heterocycles. The van der Waals surface area contributed by atoms with E-state index < -0.39 is 23.8 Å². The van der Waals surface area contributed by atoms with Crippen molar-refractivity contribution in [2.45, 2.75) is 38.9 Å². The Labute approximate surface area is 138 Å². The number of nitrogens with one attached hydrogen (secondary N) is 2. The molecule has 0 aliphatic heterocycles. The molecule has 3 amide bonds. The fraction of sp³-hybridized carbons (Fsp3) is 0.500. The maximum Gasteiger partial charge on any atom is 0.416 e. The molecule has 8 heteroatoms. The molecule has 1 aromatic carbocycles. The molecule has 1 aromatic rings. The SMILES string of the molecule is CC(C)CC(NC(N)=O)C(=O)NCCc1ccc(C(F)(F)F)cc1. The van der Waals surface area contributed by atoms with Crippen molar-refractivity contribution in [1.82, 2.24) is 10.6 Å². The molecule has 0 saturated heterocycles. The number of amides is 3. The number of hydrogen-bond acceptors (Lipinski definition) is 2. The van der Waals surface area contributed by atoms with Crippen molar-refractivity contribution in [1.29, 1.82) is 0 Å². The molecule has 0 aromatic heterocycles. The van der Waals surface area contributed by atoms with Gasteiger partial charge in [0, 0.05) is 6.54 Å². The fourth-order valence-corrected chi connectivity index (χ4v) is 2.19. The quantitative estimate of drug-likeness (QED) is 0.709. The highest BCUT2D eigenvalue weighted by Crippen LogP contribution is 2.29. The highest BCUT2D eigenvalue weighted by Gasteiger charge is 2.29. The van der Waals surface area contributed by atoms with Gasteiger partial charge < -0.3 is 16.4 Å². The summed E-state index contributed by atoms with van der Waals surface area (Å²) in [5.74, 6) is -0.183. The van der Waals surface area contributed by atoms with Crippen molar-refractivity contribution in [3.8, 4) is 0 Å². The van der Waals surface area contributed by atoms with Gasteiger partial charge in [0.05, 0.1) is 5.56 Å². The molecule has 0 spiro atoms. The van der Waals surface area contributed by atoms with Gasteiger partial charge in [-0.3, -0.25) is 4.79 Å². The summed E-state index contributed by atoms with van der Waals surface area (Å²) in [4.78, 5) is 23.0. The number of primary amides is 1. The molecule has 0 radical (unpaired) electrons. The van der Waals surface area contributed by atoms with Gasteiger partial charge in [0.15, 0.2) is 0 Å². The molecular formula is C16H22F3N3O2. The van der Waals surface area contributed by atoms with E-state index in [1.54, 1.807) is 0 Å². The van der Waals surface area contributed by atoms with E-state index in [4.69, 9.17) is 5.73 Å². The van der Waals surface area contributed by atoms with Crippen LogP contribution in [0, 0.1) is 5.92 Å². The van der Waals surface area contributed by atoms with Crippen molar-refractivity contribution in [2.24, 2.45) is 11.7 Å². The van der Waals surface area contributed by atoms with Crippen LogP contribution in [0.3, 0.4) is 0 Å². The summed E-state index contributed by atoms with van der Waals surface area (Å²) in [5.41, 5.74) is 5.02. The third kappa shape index (κ3) is 6.89. The molecule has 5 nitrogen and oxygen atoms in total. The summed E-state index contributed by atoms with van der Waals surface area (Å²) in [5, 5.41) is 5.04. The van der Waals surface area contributed by atoms with E-state index in [-0.39, 0.29) is 18.4 Å². The second-order valence-electron chi connectivity index (χ2n) is 5.93. The molecule has 0 saturated carbocycles. The van der Waals surface area contributed by atoms with Crippen LogP contribution in [0.15, 0.2) is 24.3 Å². The Kier molecular flexibility index (Phi) is 7.06. The number of urea groups is 1. The van der Waals surface area contributed by atoms with E-state index >= 15 is 0 Å². The van der Waals surface area contributed by atoms with Crippen LogP contribution >= 0.6 is 0 Å². The van der Waals surface area contributed by atoms with Crippen LogP contribution in [0.5, 0.6) is 0 Å². The van der Waals surface area contributed by atoms with Crippen molar-refractivity contribution < 1.29 is 22.8 Å². The van der Waals surface area contributed by atoms with Gasteiger partial charge in [0.25, 0.3) is 0 Å². The van der Waals surface area contributed by atoms with E-state index in [9.17, 15) is 22.8 Å². The Morgan fingerprint density at radius 1 is 1.17 bits per heavy atom. The normalized spacial score (nSPS) is 12.8. The molecule has 1 atom stereocenters. The maximum atomic E-state index is 12.5. The van der Waals surface area contributed by atoms with Crippen molar-refractivity contribution in [3.05, 3.63) is 35.4 Å². The number of halogens is 3. The van der Waals surface area contributed by atoms with Gasteiger partial charge >= 0.3 is 12.2 Å². The van der Waals surface area contributed by atoms with E-state index in [0.717, 1.165) is 12.1 Å². The van der Waals surface area contributed by atoms with Gasteiger partial charge in [0.1, 0.15) is 6.04 Å². The van der Waals surface area contributed by atoms with E-state index in [2.05, 4.69) is 10.6 Å². The van der Waals surface area contributed by atoms with Crippen LogP contribution in [0.2, 0.25) is 0 Å². The van der Waals surface area contributed by atoms with Gasteiger partial charge in [-0.25, -0.2) is 4.79 Å². The summed E-state index contributed by atoms with van der Waals surface area (Å²) in [6, 6.07) is 3.26. The molecule has 1 rings (SSSR count). The van der Waals surface area contributed by atoms with Crippen LogP contribution in [-0.2, 0) is 17.4 Å². The van der Waals surface area contributed by atoms with Crippen molar-refractivity contribution >= 4 is 11.9 Å². The van der Waals surface area contributed by atoms with Gasteiger partial charge in [-0.1, -0.05) is 26.0 Å². The minimum atomic E-state index is -4.36. The largest absolute Gasteiger partial charge is 0.416 e. The predicted octanol–water partition coefficient (Wildman–Crippen LogP) is 2.45. The Bertz CT molecular complexity index is 557. The lowest BCUT2D eigenvalue weighted by atomic mass is 10.0. The Morgan fingerprint density at radius 2 is 1.75 bits per heavy atom. The summed E-state index contributed by atoms with van der Waals surface area (Å²) in [6.07, 6.45) is -3.54. The third-order valence-corrected chi connectivity index (χ3v) is 3.33. The molecule has 0 aliphatic rings. The van der Waals surface area contributed by atoms with Crippen LogP contribution in [0.4, 0.5) is 18.0 Å². The van der Waals surface area contributed by atoms with Crippen LogP contribution in [-0.4, -0.2) is 24.5 Å². The van der Waals surface area contributed by atoms with Crippen LogP contribution in [0.25, 0.3) is 0 Å². The first-order valence-electron chi connectivity index (χ1n) is 7.59.